The van der Waals surface area contributed by atoms with Gasteiger partial charge >= 0.3 is 0 Å². The number of benzene rings is 1. The van der Waals surface area contributed by atoms with E-state index < -0.39 is 5.67 Å². The second-order valence-corrected chi connectivity index (χ2v) is 3.40. The number of halogens is 1. The zero-order valence-corrected chi connectivity index (χ0v) is 7.46. The van der Waals surface area contributed by atoms with Crippen molar-refractivity contribution in [1.29, 1.82) is 0 Å². The minimum atomic E-state index is -1.29. The summed E-state index contributed by atoms with van der Waals surface area (Å²) in [5, 5.41) is 0. The van der Waals surface area contributed by atoms with E-state index in [9.17, 15) is 4.39 Å². The van der Waals surface area contributed by atoms with Crippen molar-refractivity contribution in [2.24, 2.45) is 5.73 Å². The highest BCUT2D eigenvalue weighted by atomic mass is 19.1. The Kier molecular flexibility index (Phi) is 1.77. The number of methoxy groups -OCH3 is 1. The van der Waals surface area contributed by atoms with Crippen molar-refractivity contribution in [2.75, 3.05) is 7.11 Å². The fourth-order valence-corrected chi connectivity index (χ4v) is 1.46. The molecule has 1 aliphatic carbocycles. The SMILES string of the molecule is COc1ccc([C@@]2(F)C[C@@H]2N)cc1. The number of hydrogen-bond acceptors (Lipinski definition) is 2. The molecule has 13 heavy (non-hydrogen) atoms. The summed E-state index contributed by atoms with van der Waals surface area (Å²) in [6.45, 7) is 0. The van der Waals surface area contributed by atoms with E-state index in [1.165, 1.54) is 0 Å². The van der Waals surface area contributed by atoms with Crippen LogP contribution >= 0.6 is 0 Å². The second-order valence-electron chi connectivity index (χ2n) is 3.40. The molecule has 3 heteroatoms. The van der Waals surface area contributed by atoms with Gasteiger partial charge in [-0.25, -0.2) is 4.39 Å². The van der Waals surface area contributed by atoms with Crippen molar-refractivity contribution >= 4 is 0 Å². The fourth-order valence-electron chi connectivity index (χ4n) is 1.46. The summed E-state index contributed by atoms with van der Waals surface area (Å²) in [6.07, 6.45) is 0.430. The lowest BCUT2D eigenvalue weighted by atomic mass is 10.1. The average molecular weight is 181 g/mol. The monoisotopic (exact) mass is 181 g/mol. The Morgan fingerprint density at radius 2 is 2.00 bits per heavy atom. The Morgan fingerprint density at radius 3 is 2.38 bits per heavy atom. The molecule has 0 amide bonds. The molecule has 0 heterocycles. The van der Waals surface area contributed by atoms with Crippen LogP contribution in [-0.2, 0) is 5.67 Å². The number of hydrogen-bond donors (Lipinski definition) is 1. The highest BCUT2D eigenvalue weighted by molar-refractivity contribution is 5.36. The van der Waals surface area contributed by atoms with Gasteiger partial charge in [-0.15, -0.1) is 0 Å². The lowest BCUT2D eigenvalue weighted by Gasteiger charge is -2.06. The minimum absolute atomic E-state index is 0.333. The van der Waals surface area contributed by atoms with Gasteiger partial charge in [-0.3, -0.25) is 0 Å². The molecule has 0 aliphatic heterocycles. The molecule has 0 saturated heterocycles. The predicted octanol–water partition coefficient (Wildman–Crippen LogP) is 1.59. The van der Waals surface area contributed by atoms with Crippen molar-refractivity contribution < 1.29 is 9.13 Å². The molecule has 1 fully saturated rings. The van der Waals surface area contributed by atoms with Gasteiger partial charge in [-0.05, 0) is 17.7 Å². The first-order chi connectivity index (χ1) is 6.16. The molecule has 1 saturated carbocycles. The van der Waals surface area contributed by atoms with Crippen molar-refractivity contribution in [3.63, 3.8) is 0 Å². The van der Waals surface area contributed by atoms with Gasteiger partial charge in [0.15, 0.2) is 5.67 Å². The molecule has 2 rings (SSSR count). The van der Waals surface area contributed by atoms with Gasteiger partial charge in [0, 0.05) is 12.5 Å². The highest BCUT2D eigenvalue weighted by Crippen LogP contribution is 2.48. The van der Waals surface area contributed by atoms with Crippen LogP contribution in [0.25, 0.3) is 0 Å². The summed E-state index contributed by atoms with van der Waals surface area (Å²) < 4.78 is 18.7. The van der Waals surface area contributed by atoms with Crippen LogP contribution in [0.4, 0.5) is 4.39 Å². The summed E-state index contributed by atoms with van der Waals surface area (Å²) in [4.78, 5) is 0. The van der Waals surface area contributed by atoms with Crippen molar-refractivity contribution in [1.82, 2.24) is 0 Å². The van der Waals surface area contributed by atoms with Crippen LogP contribution in [0.5, 0.6) is 5.75 Å². The zero-order valence-electron chi connectivity index (χ0n) is 7.46. The summed E-state index contributed by atoms with van der Waals surface area (Å²) in [5.41, 5.74) is 4.87. The Morgan fingerprint density at radius 1 is 1.46 bits per heavy atom. The van der Waals surface area contributed by atoms with Crippen LogP contribution in [0.15, 0.2) is 24.3 Å². The normalized spacial score (nSPS) is 31.5. The van der Waals surface area contributed by atoms with E-state index in [0.29, 0.717) is 12.0 Å². The molecule has 70 valence electrons. The van der Waals surface area contributed by atoms with E-state index in [1.807, 2.05) is 0 Å². The largest absolute Gasteiger partial charge is 0.497 e. The fraction of sp³-hybridized carbons (Fsp3) is 0.400. The third kappa shape index (κ3) is 1.29. The minimum Gasteiger partial charge on any atom is -0.497 e. The molecular formula is C10H12FNO. The molecule has 0 unspecified atom stereocenters. The maximum absolute atomic E-state index is 13.7. The first-order valence-electron chi connectivity index (χ1n) is 4.26. The molecule has 0 spiro atoms. The van der Waals surface area contributed by atoms with E-state index in [0.717, 1.165) is 5.75 Å². The summed E-state index contributed by atoms with van der Waals surface area (Å²) >= 11 is 0. The van der Waals surface area contributed by atoms with E-state index in [1.54, 1.807) is 31.4 Å². The predicted molar refractivity (Wildman–Crippen MR) is 48.4 cm³/mol. The third-order valence-electron chi connectivity index (χ3n) is 2.51. The zero-order chi connectivity index (χ0) is 9.47. The van der Waals surface area contributed by atoms with Crippen LogP contribution < -0.4 is 10.5 Å². The first kappa shape index (κ1) is 8.51. The Bertz CT molecular complexity index is 311. The van der Waals surface area contributed by atoms with E-state index in [2.05, 4.69) is 0 Å². The molecule has 0 radical (unpaired) electrons. The van der Waals surface area contributed by atoms with Crippen molar-refractivity contribution in [3.05, 3.63) is 29.8 Å². The molecule has 2 atom stereocenters. The van der Waals surface area contributed by atoms with E-state index in [4.69, 9.17) is 10.5 Å². The average Bonchev–Trinajstić information content (AvgIpc) is 2.76. The lowest BCUT2D eigenvalue weighted by molar-refractivity contribution is 0.306. The third-order valence-corrected chi connectivity index (χ3v) is 2.51. The number of alkyl halides is 1. The number of nitrogens with two attached hydrogens (primary N) is 1. The first-order valence-corrected chi connectivity index (χ1v) is 4.26. The number of ether oxygens (including phenoxy) is 1. The molecule has 2 N–H and O–H groups in total. The van der Waals surface area contributed by atoms with E-state index in [-0.39, 0.29) is 6.04 Å². The van der Waals surface area contributed by atoms with Gasteiger partial charge in [-0.1, -0.05) is 12.1 Å². The topological polar surface area (TPSA) is 35.2 Å². The Hall–Kier alpha value is -1.09. The molecule has 1 aliphatic rings. The van der Waals surface area contributed by atoms with Gasteiger partial charge < -0.3 is 10.5 Å². The quantitative estimate of drug-likeness (QED) is 0.752. The molecule has 0 bridgehead atoms. The molecule has 1 aromatic rings. The van der Waals surface area contributed by atoms with Gasteiger partial charge in [0.05, 0.1) is 7.11 Å². The van der Waals surface area contributed by atoms with Crippen molar-refractivity contribution in [3.8, 4) is 5.75 Å². The Balaban J connectivity index is 2.24. The molecule has 0 aromatic heterocycles. The highest BCUT2D eigenvalue weighted by Gasteiger charge is 2.54. The van der Waals surface area contributed by atoms with Gasteiger partial charge in [0.25, 0.3) is 0 Å². The lowest BCUT2D eigenvalue weighted by Crippen LogP contribution is -2.12. The smallest absolute Gasteiger partial charge is 0.152 e. The summed E-state index contributed by atoms with van der Waals surface area (Å²) in [7, 11) is 1.59. The molecular weight excluding hydrogens is 169 g/mol. The maximum Gasteiger partial charge on any atom is 0.152 e. The second kappa shape index (κ2) is 2.70. The summed E-state index contributed by atoms with van der Waals surface area (Å²) in [5.74, 6) is 0.738. The van der Waals surface area contributed by atoms with Gasteiger partial charge in [0.1, 0.15) is 5.75 Å². The van der Waals surface area contributed by atoms with E-state index >= 15 is 0 Å². The van der Waals surface area contributed by atoms with Crippen molar-refractivity contribution in [2.45, 2.75) is 18.1 Å². The van der Waals surface area contributed by atoms with Crippen LogP contribution in [0, 0.1) is 0 Å². The van der Waals surface area contributed by atoms with Crippen LogP contribution in [0.1, 0.15) is 12.0 Å². The van der Waals surface area contributed by atoms with Crippen LogP contribution in [0.2, 0.25) is 0 Å². The molecule has 2 nitrogen and oxygen atoms in total. The number of rotatable bonds is 2. The van der Waals surface area contributed by atoms with Crippen LogP contribution in [-0.4, -0.2) is 13.2 Å². The standard InChI is InChI=1S/C10H12FNO/c1-13-8-4-2-7(3-5-8)10(11)6-9(10)12/h2-5,9H,6,12H2,1H3/t9-,10-/m0/s1. The van der Waals surface area contributed by atoms with Gasteiger partial charge in [0.2, 0.25) is 0 Å². The molecule has 1 aromatic carbocycles. The summed E-state index contributed by atoms with van der Waals surface area (Å²) in [6, 6.07) is 6.63. The Labute approximate surface area is 76.5 Å². The maximum atomic E-state index is 13.7. The van der Waals surface area contributed by atoms with Gasteiger partial charge in [-0.2, -0.15) is 0 Å². The van der Waals surface area contributed by atoms with Crippen LogP contribution in [0.3, 0.4) is 0 Å².